The van der Waals surface area contributed by atoms with Gasteiger partial charge in [-0.2, -0.15) is 0 Å². The first-order valence-electron chi connectivity index (χ1n) is 8.79. The fourth-order valence-corrected chi connectivity index (χ4v) is 5.08. The summed E-state index contributed by atoms with van der Waals surface area (Å²) >= 11 is -0.247. The fourth-order valence-electron chi connectivity index (χ4n) is 1.73. The fraction of sp³-hybridized carbons (Fsp3) is 0.619. The molecule has 2 unspecified atom stereocenters. The quantitative estimate of drug-likeness (QED) is 0.578. The van der Waals surface area contributed by atoms with E-state index in [9.17, 15) is 10.2 Å². The Bertz CT molecular complexity index is 358. The maximum atomic E-state index is 10.2. The molecule has 0 N–H and O–H groups in total. The van der Waals surface area contributed by atoms with Crippen LogP contribution in [0, 0.1) is 0 Å². The van der Waals surface area contributed by atoms with Crippen molar-refractivity contribution in [3.05, 3.63) is 46.8 Å². The van der Waals surface area contributed by atoms with Crippen molar-refractivity contribution in [3.63, 3.8) is 0 Å². The predicted molar refractivity (Wildman–Crippen MR) is 99.3 cm³/mol. The third-order valence-electron chi connectivity index (χ3n) is 2.86. The molecule has 1 aliphatic rings. The molecule has 0 amide bonds. The molecular weight excluding hydrogens is 375 g/mol. The average Bonchev–Trinajstić information content (AvgIpc) is 2.95. The summed E-state index contributed by atoms with van der Waals surface area (Å²) in [6.07, 6.45) is 13.9. The van der Waals surface area contributed by atoms with Crippen LogP contribution in [0.1, 0.15) is 66.7 Å². The minimum atomic E-state index is -0.419. The van der Waals surface area contributed by atoms with Crippen LogP contribution in [0.5, 0.6) is 0 Å². The molecule has 0 fully saturated rings. The van der Waals surface area contributed by atoms with E-state index in [4.69, 9.17) is 0 Å². The first kappa shape index (κ1) is 26.0. The van der Waals surface area contributed by atoms with Gasteiger partial charge in [-0.1, -0.05) is 38.8 Å². The third kappa shape index (κ3) is 24.0. The standard InChI is InChI=1S/2C6H11O.C5H5.C4H9.Zr/c2*1-3-4-5-6(2)7;1-2-4-5-3-1;1-4(2)3;/h2*3,6H,1,4-5H2,2H3;1-3H,4H2;1-3H3;/q2*-1;;;+2. The predicted octanol–water partition coefficient (Wildman–Crippen LogP) is 4.53. The molecule has 0 saturated heterocycles. The Balaban J connectivity index is 0. The summed E-state index contributed by atoms with van der Waals surface area (Å²) in [5, 5.41) is 20.5. The van der Waals surface area contributed by atoms with E-state index in [2.05, 4.69) is 52.2 Å². The van der Waals surface area contributed by atoms with Crippen molar-refractivity contribution in [2.45, 2.75) is 82.1 Å². The van der Waals surface area contributed by atoms with Crippen LogP contribution >= 0.6 is 0 Å². The van der Waals surface area contributed by atoms with Crippen molar-refractivity contribution >= 4 is 0 Å². The Labute approximate surface area is 162 Å². The van der Waals surface area contributed by atoms with Gasteiger partial charge in [-0.15, -0.1) is 25.4 Å². The Morgan fingerprint density at radius 2 is 1.54 bits per heavy atom. The van der Waals surface area contributed by atoms with Crippen molar-refractivity contribution in [2.24, 2.45) is 0 Å². The molecule has 2 atom stereocenters. The first-order valence-corrected chi connectivity index (χ1v) is 11.3. The number of rotatable bonds is 7. The van der Waals surface area contributed by atoms with Crippen molar-refractivity contribution in [1.82, 2.24) is 0 Å². The molecule has 0 bridgehead atoms. The summed E-state index contributed by atoms with van der Waals surface area (Å²) in [6.45, 7) is 17.4. The van der Waals surface area contributed by atoms with Gasteiger partial charge < -0.3 is 10.2 Å². The van der Waals surface area contributed by atoms with E-state index >= 15 is 0 Å². The molecule has 0 aromatic rings. The second-order valence-corrected chi connectivity index (χ2v) is 12.9. The van der Waals surface area contributed by atoms with E-state index in [1.807, 2.05) is 0 Å². The van der Waals surface area contributed by atoms with Gasteiger partial charge in [-0.3, -0.25) is 0 Å². The van der Waals surface area contributed by atoms with Gasteiger partial charge >= 0.3 is 75.1 Å². The van der Waals surface area contributed by atoms with Gasteiger partial charge in [0.2, 0.25) is 0 Å². The molecule has 0 saturated carbocycles. The monoisotopic (exact) mass is 410 g/mol. The van der Waals surface area contributed by atoms with Gasteiger partial charge in [0.15, 0.2) is 0 Å². The van der Waals surface area contributed by atoms with Crippen LogP contribution < -0.4 is 10.2 Å². The normalized spacial score (nSPS) is 14.9. The van der Waals surface area contributed by atoms with Crippen LogP contribution in [0.4, 0.5) is 0 Å². The Morgan fingerprint density at radius 3 is 1.75 bits per heavy atom. The van der Waals surface area contributed by atoms with E-state index in [0.29, 0.717) is 3.12 Å². The Kier molecular flexibility index (Phi) is 17.6. The van der Waals surface area contributed by atoms with Gasteiger partial charge in [-0.25, -0.2) is 0 Å². The molecule has 0 heterocycles. The average molecular weight is 412 g/mol. The maximum absolute atomic E-state index is 10.2. The SMILES string of the molecule is C=CCCC(C)[O-].C=CCCC(C)[O-].C[C](C)(C)[Zr+2][C]1=CC=CC1. The number of hydrogen-bond donors (Lipinski definition) is 0. The molecular formula is C21H36O2Zr. The van der Waals surface area contributed by atoms with Crippen LogP contribution in [0.3, 0.4) is 0 Å². The number of allylic oxidation sites excluding steroid dienone is 6. The molecule has 1 aliphatic carbocycles. The zero-order valence-electron chi connectivity index (χ0n) is 16.3. The molecule has 0 aromatic heterocycles. The van der Waals surface area contributed by atoms with Gasteiger partial charge in [0, 0.05) is 0 Å². The Hall–Kier alpha value is -0.237. The zero-order valence-corrected chi connectivity index (χ0v) is 18.8. The van der Waals surface area contributed by atoms with E-state index < -0.39 is 12.2 Å². The third-order valence-corrected chi connectivity index (χ3v) is 6.41. The van der Waals surface area contributed by atoms with E-state index in [1.165, 1.54) is 6.42 Å². The van der Waals surface area contributed by atoms with Gasteiger partial charge in [0.05, 0.1) is 0 Å². The second kappa shape index (κ2) is 16.2. The molecule has 3 heteroatoms. The molecule has 2 nitrogen and oxygen atoms in total. The molecule has 0 radical (unpaired) electrons. The van der Waals surface area contributed by atoms with E-state index in [0.717, 1.165) is 25.7 Å². The number of hydrogen-bond acceptors (Lipinski definition) is 2. The topological polar surface area (TPSA) is 46.1 Å². The summed E-state index contributed by atoms with van der Waals surface area (Å²) in [6, 6.07) is 0. The van der Waals surface area contributed by atoms with Crippen LogP contribution in [-0.2, 0) is 23.2 Å². The van der Waals surface area contributed by atoms with Crippen LogP contribution in [0.15, 0.2) is 46.8 Å². The molecule has 1 rings (SSSR count). The molecule has 0 aromatic carbocycles. The summed E-state index contributed by atoms with van der Waals surface area (Å²) in [5.74, 6) is 0. The Morgan fingerprint density at radius 1 is 1.08 bits per heavy atom. The molecule has 24 heavy (non-hydrogen) atoms. The minimum absolute atomic E-state index is 0.247. The van der Waals surface area contributed by atoms with E-state index in [1.54, 1.807) is 29.3 Å². The van der Waals surface area contributed by atoms with E-state index in [-0.39, 0.29) is 23.2 Å². The summed E-state index contributed by atoms with van der Waals surface area (Å²) in [7, 11) is 0. The zero-order chi connectivity index (χ0) is 19.0. The van der Waals surface area contributed by atoms with Crippen molar-refractivity contribution in [3.8, 4) is 0 Å². The van der Waals surface area contributed by atoms with Crippen molar-refractivity contribution in [1.29, 1.82) is 0 Å². The van der Waals surface area contributed by atoms with Gasteiger partial charge in [-0.05, 0) is 12.8 Å². The second-order valence-electron chi connectivity index (χ2n) is 7.05. The van der Waals surface area contributed by atoms with Crippen molar-refractivity contribution in [2.75, 3.05) is 0 Å². The molecule has 0 aliphatic heterocycles. The van der Waals surface area contributed by atoms with Gasteiger partial charge in [0.25, 0.3) is 0 Å². The summed E-state index contributed by atoms with van der Waals surface area (Å²) < 4.78 is 2.37. The first-order chi connectivity index (χ1) is 11.1. The van der Waals surface area contributed by atoms with Crippen LogP contribution in [0.2, 0.25) is 3.12 Å². The summed E-state index contributed by atoms with van der Waals surface area (Å²) in [5.41, 5.74) is 0. The summed E-state index contributed by atoms with van der Waals surface area (Å²) in [4.78, 5) is 0. The van der Waals surface area contributed by atoms with Crippen LogP contribution in [-0.4, -0.2) is 12.2 Å². The van der Waals surface area contributed by atoms with Crippen LogP contribution in [0.25, 0.3) is 0 Å². The van der Waals surface area contributed by atoms with Gasteiger partial charge in [0.1, 0.15) is 0 Å². The molecule has 136 valence electrons. The molecule has 0 spiro atoms. The van der Waals surface area contributed by atoms with Crippen molar-refractivity contribution < 1.29 is 33.4 Å².